The largest absolute Gasteiger partial charge is 0.306 e. The van der Waals surface area contributed by atoms with Crippen molar-refractivity contribution in [1.29, 1.82) is 0 Å². The molecule has 0 radical (unpaired) electrons. The first-order valence-corrected chi connectivity index (χ1v) is 9.73. The summed E-state index contributed by atoms with van der Waals surface area (Å²) in [5, 5.41) is 9.56. The first-order chi connectivity index (χ1) is 12.7. The van der Waals surface area contributed by atoms with E-state index >= 15 is 0 Å². The SMILES string of the molecule is C=CCn1c(SCc2cn3cc(Br)ccc3n2)nnc1-c1ccncc1. The molecule has 4 aromatic heterocycles. The molecule has 0 aliphatic carbocycles. The van der Waals surface area contributed by atoms with E-state index in [4.69, 9.17) is 0 Å². The standard InChI is InChI=1S/C18H15BrN6S/c1-2-9-25-17(13-5-7-20-8-6-13)22-23-18(25)26-12-15-11-24-10-14(19)3-4-16(24)21-15/h2-8,10-11H,1,9,12H2. The summed E-state index contributed by atoms with van der Waals surface area (Å²) in [5.41, 5.74) is 2.90. The Kier molecular flexibility index (Phi) is 4.85. The van der Waals surface area contributed by atoms with Gasteiger partial charge in [0.25, 0.3) is 0 Å². The van der Waals surface area contributed by atoms with Crippen LogP contribution in [0.25, 0.3) is 17.0 Å². The van der Waals surface area contributed by atoms with Gasteiger partial charge in [-0.1, -0.05) is 17.8 Å². The van der Waals surface area contributed by atoms with E-state index in [2.05, 4.69) is 47.2 Å². The number of rotatable bonds is 6. The van der Waals surface area contributed by atoms with E-state index in [9.17, 15) is 0 Å². The fourth-order valence-electron chi connectivity index (χ4n) is 2.63. The van der Waals surface area contributed by atoms with Crippen LogP contribution in [0.3, 0.4) is 0 Å². The maximum Gasteiger partial charge on any atom is 0.192 e. The van der Waals surface area contributed by atoms with Crippen molar-refractivity contribution in [2.24, 2.45) is 0 Å². The fraction of sp³-hybridized carbons (Fsp3) is 0.111. The predicted molar refractivity (Wildman–Crippen MR) is 106 cm³/mol. The molecule has 0 spiro atoms. The van der Waals surface area contributed by atoms with Gasteiger partial charge in [0.1, 0.15) is 5.65 Å². The summed E-state index contributed by atoms with van der Waals surface area (Å²) >= 11 is 5.09. The summed E-state index contributed by atoms with van der Waals surface area (Å²) in [5.74, 6) is 1.53. The van der Waals surface area contributed by atoms with Gasteiger partial charge in [0, 0.05) is 47.1 Å². The molecule has 4 heterocycles. The zero-order valence-electron chi connectivity index (χ0n) is 13.8. The van der Waals surface area contributed by atoms with E-state index in [1.807, 2.05) is 47.1 Å². The van der Waals surface area contributed by atoms with Gasteiger partial charge in [-0.25, -0.2) is 4.98 Å². The molecule has 130 valence electrons. The summed E-state index contributed by atoms with van der Waals surface area (Å²) in [6.45, 7) is 4.49. The third-order valence-electron chi connectivity index (χ3n) is 3.78. The van der Waals surface area contributed by atoms with E-state index in [0.29, 0.717) is 12.3 Å². The van der Waals surface area contributed by atoms with Crippen LogP contribution in [-0.4, -0.2) is 29.1 Å². The highest BCUT2D eigenvalue weighted by Gasteiger charge is 2.14. The summed E-state index contributed by atoms with van der Waals surface area (Å²) in [6.07, 6.45) is 9.39. The van der Waals surface area contributed by atoms with Crippen molar-refractivity contribution in [2.75, 3.05) is 0 Å². The van der Waals surface area contributed by atoms with Crippen molar-refractivity contribution in [1.82, 2.24) is 29.1 Å². The lowest BCUT2D eigenvalue weighted by Gasteiger charge is -2.06. The molecule has 0 N–H and O–H groups in total. The Hall–Kier alpha value is -2.45. The third-order valence-corrected chi connectivity index (χ3v) is 5.25. The average Bonchev–Trinajstić information content (AvgIpc) is 3.24. The van der Waals surface area contributed by atoms with E-state index in [-0.39, 0.29) is 0 Å². The number of imidazole rings is 1. The molecule has 0 saturated carbocycles. The van der Waals surface area contributed by atoms with Crippen LogP contribution in [0, 0.1) is 0 Å². The quantitative estimate of drug-likeness (QED) is 0.341. The highest BCUT2D eigenvalue weighted by Crippen LogP contribution is 2.26. The number of aromatic nitrogens is 6. The van der Waals surface area contributed by atoms with Crippen LogP contribution in [0.1, 0.15) is 5.69 Å². The van der Waals surface area contributed by atoms with Crippen molar-refractivity contribution < 1.29 is 0 Å². The Labute approximate surface area is 163 Å². The number of allylic oxidation sites excluding steroid dienone is 1. The van der Waals surface area contributed by atoms with Crippen LogP contribution in [0.5, 0.6) is 0 Å². The smallest absolute Gasteiger partial charge is 0.192 e. The lowest BCUT2D eigenvalue weighted by atomic mass is 10.2. The first kappa shape index (κ1) is 17.0. The second kappa shape index (κ2) is 7.43. The number of halogens is 1. The van der Waals surface area contributed by atoms with Crippen LogP contribution in [0.15, 0.2) is 71.3 Å². The molecular weight excluding hydrogens is 412 g/mol. The van der Waals surface area contributed by atoms with Crippen molar-refractivity contribution >= 4 is 33.3 Å². The van der Waals surface area contributed by atoms with Gasteiger partial charge >= 0.3 is 0 Å². The highest BCUT2D eigenvalue weighted by atomic mass is 79.9. The van der Waals surface area contributed by atoms with Crippen molar-refractivity contribution in [3.8, 4) is 11.4 Å². The average molecular weight is 427 g/mol. The summed E-state index contributed by atoms with van der Waals surface area (Å²) < 4.78 is 5.09. The molecule has 0 atom stereocenters. The first-order valence-electron chi connectivity index (χ1n) is 7.95. The summed E-state index contributed by atoms with van der Waals surface area (Å²) in [6, 6.07) is 7.83. The van der Waals surface area contributed by atoms with Crippen molar-refractivity contribution in [3.63, 3.8) is 0 Å². The van der Waals surface area contributed by atoms with Crippen LogP contribution < -0.4 is 0 Å². The zero-order chi connectivity index (χ0) is 17.9. The van der Waals surface area contributed by atoms with Gasteiger partial charge in [0.05, 0.1) is 5.69 Å². The minimum Gasteiger partial charge on any atom is -0.306 e. The Bertz CT molecular complexity index is 1060. The van der Waals surface area contributed by atoms with Gasteiger partial charge in [0.15, 0.2) is 11.0 Å². The fourth-order valence-corrected chi connectivity index (χ4v) is 3.81. The molecule has 0 fully saturated rings. The second-order valence-electron chi connectivity index (χ2n) is 5.58. The zero-order valence-corrected chi connectivity index (χ0v) is 16.2. The van der Waals surface area contributed by atoms with Gasteiger partial charge in [-0.3, -0.25) is 9.55 Å². The molecule has 0 aromatic carbocycles. The van der Waals surface area contributed by atoms with Crippen LogP contribution in [0.4, 0.5) is 0 Å². The monoisotopic (exact) mass is 426 g/mol. The molecular formula is C18H15BrN6S. The number of hydrogen-bond donors (Lipinski definition) is 0. The van der Waals surface area contributed by atoms with Crippen molar-refractivity contribution in [3.05, 3.63) is 71.9 Å². The van der Waals surface area contributed by atoms with E-state index in [1.54, 1.807) is 24.2 Å². The molecule has 0 bridgehead atoms. The van der Waals surface area contributed by atoms with Crippen LogP contribution in [-0.2, 0) is 12.3 Å². The maximum atomic E-state index is 4.64. The lowest BCUT2D eigenvalue weighted by molar-refractivity contribution is 0.731. The summed E-state index contributed by atoms with van der Waals surface area (Å²) in [4.78, 5) is 8.70. The number of pyridine rings is 2. The van der Waals surface area contributed by atoms with Gasteiger partial charge in [-0.2, -0.15) is 0 Å². The van der Waals surface area contributed by atoms with Crippen LogP contribution >= 0.6 is 27.7 Å². The van der Waals surface area contributed by atoms with Gasteiger partial charge in [0.2, 0.25) is 0 Å². The molecule has 0 aliphatic rings. The molecule has 4 aromatic rings. The lowest BCUT2D eigenvalue weighted by Crippen LogP contribution is -2.00. The Morgan fingerprint density at radius 3 is 2.77 bits per heavy atom. The number of fused-ring (bicyclic) bond motifs is 1. The molecule has 4 rings (SSSR count). The van der Waals surface area contributed by atoms with E-state index < -0.39 is 0 Å². The molecule has 26 heavy (non-hydrogen) atoms. The number of nitrogens with zero attached hydrogens (tertiary/aromatic N) is 6. The molecule has 0 amide bonds. The molecule has 0 saturated heterocycles. The van der Waals surface area contributed by atoms with Gasteiger partial charge in [-0.05, 0) is 40.2 Å². The minimum atomic E-state index is 0.644. The predicted octanol–water partition coefficient (Wildman–Crippen LogP) is 4.23. The summed E-state index contributed by atoms with van der Waals surface area (Å²) in [7, 11) is 0. The maximum absolute atomic E-state index is 4.64. The van der Waals surface area contributed by atoms with Crippen molar-refractivity contribution in [2.45, 2.75) is 17.5 Å². The topological polar surface area (TPSA) is 60.9 Å². The molecule has 0 aliphatic heterocycles. The van der Waals surface area contributed by atoms with Gasteiger partial charge in [-0.15, -0.1) is 16.8 Å². The molecule has 0 unspecified atom stereocenters. The Balaban J connectivity index is 1.59. The normalized spacial score (nSPS) is 11.1. The van der Waals surface area contributed by atoms with Crippen LogP contribution in [0.2, 0.25) is 0 Å². The van der Waals surface area contributed by atoms with Gasteiger partial charge < -0.3 is 4.40 Å². The third kappa shape index (κ3) is 3.42. The van der Waals surface area contributed by atoms with E-state index in [1.165, 1.54) is 0 Å². The number of hydrogen-bond acceptors (Lipinski definition) is 5. The minimum absolute atomic E-state index is 0.644. The number of thioether (sulfide) groups is 1. The molecule has 6 nitrogen and oxygen atoms in total. The second-order valence-corrected chi connectivity index (χ2v) is 7.43. The molecule has 8 heteroatoms. The highest BCUT2D eigenvalue weighted by molar-refractivity contribution is 9.10. The van der Waals surface area contributed by atoms with E-state index in [0.717, 1.165) is 32.4 Å². The Morgan fingerprint density at radius 2 is 1.96 bits per heavy atom. The Morgan fingerprint density at radius 1 is 1.12 bits per heavy atom.